The second-order valence-electron chi connectivity index (χ2n) is 9.74. The fourth-order valence-corrected chi connectivity index (χ4v) is 5.61. The Morgan fingerprint density at radius 2 is 1.58 bits per heavy atom. The second-order valence-corrected chi connectivity index (χ2v) is 11.7. The molecule has 1 saturated carbocycles. The van der Waals surface area contributed by atoms with Crippen molar-refractivity contribution in [3.63, 3.8) is 0 Å². The Kier molecular flexibility index (Phi) is 8.43. The summed E-state index contributed by atoms with van der Waals surface area (Å²) in [4.78, 5) is 12.9. The van der Waals surface area contributed by atoms with Gasteiger partial charge in [0.05, 0.1) is 11.4 Å². The van der Waals surface area contributed by atoms with Crippen LogP contribution in [0.2, 0.25) is 0 Å². The molecule has 0 atom stereocenters. The molecule has 0 heterocycles. The van der Waals surface area contributed by atoms with Crippen molar-refractivity contribution in [1.82, 2.24) is 9.73 Å². The van der Waals surface area contributed by atoms with Crippen molar-refractivity contribution in [1.29, 1.82) is 0 Å². The number of hydrogen-bond acceptors (Lipinski definition) is 4. The average molecular weight is 470 g/mol. The van der Waals surface area contributed by atoms with E-state index in [-0.39, 0.29) is 23.4 Å². The van der Waals surface area contributed by atoms with Crippen LogP contribution in [0.4, 0.5) is 0 Å². The number of hydrazone groups is 1. The third kappa shape index (κ3) is 7.24. The van der Waals surface area contributed by atoms with Crippen molar-refractivity contribution in [2.75, 3.05) is 13.1 Å². The van der Waals surface area contributed by atoms with Gasteiger partial charge >= 0.3 is 0 Å². The molecule has 178 valence electrons. The highest BCUT2D eigenvalue weighted by Crippen LogP contribution is 2.36. The van der Waals surface area contributed by atoms with Crippen LogP contribution in [0.5, 0.6) is 0 Å². The summed E-state index contributed by atoms with van der Waals surface area (Å²) in [6.07, 6.45) is 4.36. The van der Waals surface area contributed by atoms with E-state index in [9.17, 15) is 13.2 Å². The van der Waals surface area contributed by atoms with Crippen LogP contribution in [0.25, 0.3) is 0 Å². The summed E-state index contributed by atoms with van der Waals surface area (Å²) >= 11 is 0. The lowest BCUT2D eigenvalue weighted by atomic mass is 9.72. The number of hydrogen-bond donors (Lipinski definition) is 1. The van der Waals surface area contributed by atoms with Gasteiger partial charge in [-0.25, -0.2) is 13.8 Å². The summed E-state index contributed by atoms with van der Waals surface area (Å²) in [5, 5.41) is 4.32. The standard InChI is InChI=1S/C26H35N3O3S/c1-26(2,3)22-14-16-23(17-15-22)27-28-25(30)20-29(19-18-21-10-6-4-7-11-21)33(31,32)24-12-8-5-9-13-24/h4-13,22H,14-20H2,1-3H3,(H,28,30). The highest BCUT2D eigenvalue weighted by Gasteiger charge is 2.29. The van der Waals surface area contributed by atoms with Crippen LogP contribution in [0, 0.1) is 11.3 Å². The van der Waals surface area contributed by atoms with Gasteiger partial charge in [0.25, 0.3) is 5.91 Å². The Hall–Kier alpha value is -2.51. The molecule has 0 bridgehead atoms. The number of benzene rings is 2. The van der Waals surface area contributed by atoms with Gasteiger partial charge in [-0.2, -0.15) is 9.41 Å². The zero-order chi connectivity index (χ0) is 23.9. The van der Waals surface area contributed by atoms with Gasteiger partial charge in [0.1, 0.15) is 0 Å². The molecule has 1 aliphatic carbocycles. The van der Waals surface area contributed by atoms with E-state index in [1.807, 2.05) is 30.3 Å². The molecule has 6 nitrogen and oxygen atoms in total. The lowest BCUT2D eigenvalue weighted by molar-refractivity contribution is -0.121. The fourth-order valence-electron chi connectivity index (χ4n) is 4.19. The van der Waals surface area contributed by atoms with E-state index in [0.29, 0.717) is 12.3 Å². The average Bonchev–Trinajstić information content (AvgIpc) is 2.81. The maximum atomic E-state index is 13.2. The van der Waals surface area contributed by atoms with Gasteiger partial charge in [0.2, 0.25) is 10.0 Å². The molecular weight excluding hydrogens is 434 g/mol. The molecule has 0 radical (unpaired) electrons. The summed E-state index contributed by atoms with van der Waals surface area (Å²) in [5.41, 5.74) is 4.87. The van der Waals surface area contributed by atoms with E-state index in [2.05, 4.69) is 31.3 Å². The fraction of sp³-hybridized carbons (Fsp3) is 0.462. The topological polar surface area (TPSA) is 78.8 Å². The Labute approximate surface area is 198 Å². The molecule has 2 aromatic rings. The Balaban J connectivity index is 1.66. The SMILES string of the molecule is CC(C)(C)C1CCC(=NNC(=O)CN(CCc2ccccc2)S(=O)(=O)c2ccccc2)CC1. The van der Waals surface area contributed by atoms with E-state index < -0.39 is 15.9 Å². The lowest BCUT2D eigenvalue weighted by Gasteiger charge is -2.34. The van der Waals surface area contributed by atoms with Crippen LogP contribution >= 0.6 is 0 Å². The minimum absolute atomic E-state index is 0.178. The summed E-state index contributed by atoms with van der Waals surface area (Å²) in [6, 6.07) is 17.9. The molecule has 2 aromatic carbocycles. The highest BCUT2D eigenvalue weighted by molar-refractivity contribution is 7.89. The largest absolute Gasteiger partial charge is 0.272 e. The van der Waals surface area contributed by atoms with E-state index >= 15 is 0 Å². The molecular formula is C26H35N3O3S. The van der Waals surface area contributed by atoms with E-state index in [0.717, 1.165) is 37.0 Å². The predicted molar refractivity (Wildman–Crippen MR) is 132 cm³/mol. The zero-order valence-electron chi connectivity index (χ0n) is 19.8. The molecule has 0 aromatic heterocycles. The summed E-state index contributed by atoms with van der Waals surface area (Å²) in [7, 11) is -3.81. The molecule has 0 saturated heterocycles. The van der Waals surface area contributed by atoms with Gasteiger partial charge in [-0.3, -0.25) is 4.79 Å². The molecule has 0 unspecified atom stereocenters. The predicted octanol–water partition coefficient (Wildman–Crippen LogP) is 4.63. The van der Waals surface area contributed by atoms with Crippen LogP contribution in [-0.2, 0) is 21.2 Å². The van der Waals surface area contributed by atoms with Crippen molar-refractivity contribution in [3.8, 4) is 0 Å². The van der Waals surface area contributed by atoms with Crippen LogP contribution < -0.4 is 5.43 Å². The lowest BCUT2D eigenvalue weighted by Crippen LogP contribution is -2.40. The minimum Gasteiger partial charge on any atom is -0.272 e. The molecule has 1 aliphatic rings. The summed E-state index contributed by atoms with van der Waals surface area (Å²) < 4.78 is 27.7. The van der Waals surface area contributed by atoms with Gasteiger partial charge in [-0.05, 0) is 61.1 Å². The van der Waals surface area contributed by atoms with Crippen LogP contribution in [0.1, 0.15) is 52.0 Å². The first-order valence-electron chi connectivity index (χ1n) is 11.6. The normalized spacial score (nSPS) is 17.1. The number of nitrogens with one attached hydrogen (secondary N) is 1. The molecule has 33 heavy (non-hydrogen) atoms. The monoisotopic (exact) mass is 469 g/mol. The third-order valence-corrected chi connectivity index (χ3v) is 8.18. The van der Waals surface area contributed by atoms with Crippen LogP contribution in [0.15, 0.2) is 70.7 Å². The quantitative estimate of drug-likeness (QED) is 0.573. The number of nitrogens with zero attached hydrogens (tertiary/aromatic N) is 2. The zero-order valence-corrected chi connectivity index (χ0v) is 20.6. The molecule has 1 amide bonds. The van der Waals surface area contributed by atoms with Crippen LogP contribution in [-0.4, -0.2) is 37.4 Å². The van der Waals surface area contributed by atoms with Gasteiger partial charge in [-0.1, -0.05) is 69.3 Å². The first-order chi connectivity index (χ1) is 15.7. The van der Waals surface area contributed by atoms with Crippen molar-refractivity contribution in [2.45, 2.75) is 57.8 Å². The maximum Gasteiger partial charge on any atom is 0.255 e. The van der Waals surface area contributed by atoms with Gasteiger partial charge in [0, 0.05) is 12.3 Å². The maximum absolute atomic E-state index is 13.2. The first-order valence-corrected chi connectivity index (χ1v) is 13.0. The number of rotatable bonds is 8. The number of sulfonamides is 1. The van der Waals surface area contributed by atoms with Crippen molar-refractivity contribution in [3.05, 3.63) is 66.2 Å². The second kappa shape index (κ2) is 11.1. The van der Waals surface area contributed by atoms with Crippen LogP contribution in [0.3, 0.4) is 0 Å². The van der Waals surface area contributed by atoms with E-state index in [4.69, 9.17) is 0 Å². The number of carbonyl (C=O) groups excluding carboxylic acids is 1. The Bertz CT molecular complexity index is 1040. The van der Waals surface area contributed by atoms with E-state index in [1.165, 1.54) is 4.31 Å². The molecule has 3 rings (SSSR count). The molecule has 1 fully saturated rings. The summed E-state index contributed by atoms with van der Waals surface area (Å²) in [6.45, 7) is 6.72. The van der Waals surface area contributed by atoms with Gasteiger partial charge < -0.3 is 0 Å². The minimum atomic E-state index is -3.81. The third-order valence-electron chi connectivity index (χ3n) is 6.32. The number of carbonyl (C=O) groups is 1. The molecule has 7 heteroatoms. The van der Waals surface area contributed by atoms with E-state index in [1.54, 1.807) is 30.3 Å². The highest BCUT2D eigenvalue weighted by atomic mass is 32.2. The van der Waals surface area contributed by atoms with Gasteiger partial charge in [-0.15, -0.1) is 0 Å². The van der Waals surface area contributed by atoms with Crippen molar-refractivity contribution >= 4 is 21.6 Å². The van der Waals surface area contributed by atoms with Crippen molar-refractivity contribution in [2.24, 2.45) is 16.4 Å². The van der Waals surface area contributed by atoms with Gasteiger partial charge in [0.15, 0.2) is 0 Å². The molecule has 1 N–H and O–H groups in total. The Morgan fingerprint density at radius 3 is 2.15 bits per heavy atom. The number of amides is 1. The smallest absolute Gasteiger partial charge is 0.255 e. The first kappa shape index (κ1) is 25.1. The molecule has 0 aliphatic heterocycles. The van der Waals surface area contributed by atoms with Crippen molar-refractivity contribution < 1.29 is 13.2 Å². The molecule has 0 spiro atoms. The summed E-state index contributed by atoms with van der Waals surface area (Å²) in [5.74, 6) is 0.227. The Morgan fingerprint density at radius 1 is 1.00 bits per heavy atom.